The monoisotopic (exact) mass is 242 g/mol. The smallest absolute Gasteiger partial charge is 0.245 e. The van der Waals surface area contributed by atoms with E-state index in [1.807, 2.05) is 0 Å². The van der Waals surface area contributed by atoms with Gasteiger partial charge in [0.15, 0.2) is 0 Å². The van der Waals surface area contributed by atoms with E-state index in [1.54, 1.807) is 18.7 Å². The van der Waals surface area contributed by atoms with Crippen LogP contribution in [0.15, 0.2) is 0 Å². The summed E-state index contributed by atoms with van der Waals surface area (Å²) in [5, 5.41) is 2.65. The molecule has 1 saturated heterocycles. The lowest BCUT2D eigenvalue weighted by Gasteiger charge is -2.36. The molecule has 98 valence electrons. The van der Waals surface area contributed by atoms with Crippen LogP contribution in [0.4, 0.5) is 0 Å². The average Bonchev–Trinajstić information content (AvgIpc) is 2.30. The van der Waals surface area contributed by atoms with Crippen LogP contribution in [0.25, 0.3) is 0 Å². The fourth-order valence-electron chi connectivity index (χ4n) is 1.79. The maximum absolute atomic E-state index is 11.9. The van der Waals surface area contributed by atoms with Crippen LogP contribution in [-0.2, 0) is 14.3 Å². The third-order valence-corrected chi connectivity index (χ3v) is 2.98. The molecule has 5 heteroatoms. The van der Waals surface area contributed by atoms with Gasteiger partial charge in [0.2, 0.25) is 11.8 Å². The SMILES string of the molecule is CCCCOCCN1C(=O)C(C)NC(=O)C1C. The molecule has 1 fully saturated rings. The van der Waals surface area contributed by atoms with Crippen LogP contribution in [0.2, 0.25) is 0 Å². The molecule has 17 heavy (non-hydrogen) atoms. The molecule has 0 radical (unpaired) electrons. The lowest BCUT2D eigenvalue weighted by atomic mass is 10.1. The molecule has 0 saturated carbocycles. The van der Waals surface area contributed by atoms with Crippen LogP contribution in [0.3, 0.4) is 0 Å². The number of nitrogens with zero attached hydrogens (tertiary/aromatic N) is 1. The molecule has 2 amide bonds. The minimum Gasteiger partial charge on any atom is -0.380 e. The van der Waals surface area contributed by atoms with E-state index in [2.05, 4.69) is 12.2 Å². The summed E-state index contributed by atoms with van der Waals surface area (Å²) in [6.45, 7) is 7.25. The highest BCUT2D eigenvalue weighted by molar-refractivity contribution is 5.96. The maximum Gasteiger partial charge on any atom is 0.245 e. The van der Waals surface area contributed by atoms with E-state index in [0.29, 0.717) is 19.8 Å². The zero-order chi connectivity index (χ0) is 12.8. The number of hydrogen-bond acceptors (Lipinski definition) is 3. The van der Waals surface area contributed by atoms with Gasteiger partial charge >= 0.3 is 0 Å². The number of rotatable bonds is 6. The van der Waals surface area contributed by atoms with Crippen molar-refractivity contribution in [3.8, 4) is 0 Å². The number of carbonyl (C=O) groups excluding carboxylic acids is 2. The van der Waals surface area contributed by atoms with Gasteiger partial charge in [0.05, 0.1) is 6.61 Å². The van der Waals surface area contributed by atoms with Crippen molar-refractivity contribution >= 4 is 11.8 Å². The molecule has 1 N–H and O–H groups in total. The van der Waals surface area contributed by atoms with Crippen LogP contribution in [0, 0.1) is 0 Å². The van der Waals surface area contributed by atoms with Crippen LogP contribution >= 0.6 is 0 Å². The average molecular weight is 242 g/mol. The molecule has 2 atom stereocenters. The van der Waals surface area contributed by atoms with Crippen molar-refractivity contribution in [2.45, 2.75) is 45.7 Å². The highest BCUT2D eigenvalue weighted by Crippen LogP contribution is 2.09. The molecule has 2 unspecified atom stereocenters. The van der Waals surface area contributed by atoms with Gasteiger partial charge in [0, 0.05) is 13.2 Å². The quantitative estimate of drug-likeness (QED) is 0.692. The lowest BCUT2D eigenvalue weighted by molar-refractivity contribution is -0.148. The number of unbranched alkanes of at least 4 members (excludes halogenated alkanes) is 1. The first-order valence-corrected chi connectivity index (χ1v) is 6.26. The number of nitrogens with one attached hydrogen (secondary N) is 1. The van der Waals surface area contributed by atoms with E-state index in [-0.39, 0.29) is 11.8 Å². The Hall–Kier alpha value is -1.10. The van der Waals surface area contributed by atoms with Gasteiger partial charge in [-0.15, -0.1) is 0 Å². The van der Waals surface area contributed by atoms with Crippen LogP contribution in [0.1, 0.15) is 33.6 Å². The van der Waals surface area contributed by atoms with Crippen molar-refractivity contribution in [3.63, 3.8) is 0 Å². The Morgan fingerprint density at radius 1 is 1.29 bits per heavy atom. The molecule has 0 aromatic heterocycles. The van der Waals surface area contributed by atoms with Crippen molar-refractivity contribution in [1.82, 2.24) is 10.2 Å². The second kappa shape index (κ2) is 6.59. The molecule has 0 aromatic carbocycles. The van der Waals surface area contributed by atoms with Gasteiger partial charge in [-0.25, -0.2) is 0 Å². The van der Waals surface area contributed by atoms with Gasteiger partial charge in [-0.2, -0.15) is 0 Å². The van der Waals surface area contributed by atoms with Crippen LogP contribution < -0.4 is 5.32 Å². The normalized spacial score (nSPS) is 25.0. The standard InChI is InChI=1S/C12H22N2O3/c1-4-5-7-17-8-6-14-10(3)11(15)13-9(2)12(14)16/h9-10H,4-8H2,1-3H3,(H,13,15). The van der Waals surface area contributed by atoms with Crippen molar-refractivity contribution in [1.29, 1.82) is 0 Å². The second-order valence-corrected chi connectivity index (χ2v) is 4.40. The van der Waals surface area contributed by atoms with Gasteiger partial charge < -0.3 is 15.0 Å². The number of amides is 2. The minimum absolute atomic E-state index is 0.0313. The number of hydrogen-bond donors (Lipinski definition) is 1. The van der Waals surface area contributed by atoms with Crippen molar-refractivity contribution in [2.24, 2.45) is 0 Å². The Balaban J connectivity index is 2.38. The van der Waals surface area contributed by atoms with Crippen LogP contribution in [-0.4, -0.2) is 48.6 Å². The number of piperazine rings is 1. The summed E-state index contributed by atoms with van der Waals surface area (Å²) >= 11 is 0. The first kappa shape index (κ1) is 14.0. The van der Waals surface area contributed by atoms with Gasteiger partial charge in [-0.05, 0) is 20.3 Å². The zero-order valence-electron chi connectivity index (χ0n) is 10.9. The Kier molecular flexibility index (Phi) is 5.41. The third-order valence-electron chi connectivity index (χ3n) is 2.98. The van der Waals surface area contributed by atoms with Gasteiger partial charge in [-0.3, -0.25) is 9.59 Å². The summed E-state index contributed by atoms with van der Waals surface area (Å²) in [6.07, 6.45) is 2.12. The van der Waals surface area contributed by atoms with Crippen molar-refractivity contribution in [3.05, 3.63) is 0 Å². The molecular weight excluding hydrogens is 220 g/mol. The summed E-state index contributed by atoms with van der Waals surface area (Å²) in [6, 6.07) is -0.817. The van der Waals surface area contributed by atoms with E-state index < -0.39 is 12.1 Å². The van der Waals surface area contributed by atoms with Crippen molar-refractivity contribution in [2.75, 3.05) is 19.8 Å². The first-order chi connectivity index (χ1) is 8.07. The molecule has 1 aliphatic rings. The summed E-state index contributed by atoms with van der Waals surface area (Å²) in [4.78, 5) is 25.0. The Bertz CT molecular complexity index is 281. The molecule has 5 nitrogen and oxygen atoms in total. The van der Waals surface area contributed by atoms with E-state index >= 15 is 0 Å². The Morgan fingerprint density at radius 2 is 2.00 bits per heavy atom. The molecular formula is C12H22N2O3. The minimum atomic E-state index is -0.422. The molecule has 1 heterocycles. The number of ether oxygens (including phenoxy) is 1. The zero-order valence-corrected chi connectivity index (χ0v) is 10.9. The molecule has 0 bridgehead atoms. The highest BCUT2D eigenvalue weighted by atomic mass is 16.5. The largest absolute Gasteiger partial charge is 0.380 e. The molecule has 0 aliphatic carbocycles. The number of carbonyl (C=O) groups is 2. The fraction of sp³-hybridized carbons (Fsp3) is 0.833. The molecule has 0 spiro atoms. The van der Waals surface area contributed by atoms with E-state index in [9.17, 15) is 9.59 Å². The Morgan fingerprint density at radius 3 is 2.65 bits per heavy atom. The summed E-state index contributed by atoms with van der Waals surface area (Å²) in [5.41, 5.74) is 0. The molecule has 0 aromatic rings. The lowest BCUT2D eigenvalue weighted by Crippen LogP contribution is -2.61. The molecule has 1 rings (SSSR count). The van der Waals surface area contributed by atoms with Gasteiger partial charge in [0.1, 0.15) is 12.1 Å². The maximum atomic E-state index is 11.9. The highest BCUT2D eigenvalue weighted by Gasteiger charge is 2.35. The summed E-state index contributed by atoms with van der Waals surface area (Å²) in [7, 11) is 0. The fourth-order valence-corrected chi connectivity index (χ4v) is 1.79. The van der Waals surface area contributed by atoms with E-state index in [0.717, 1.165) is 12.8 Å². The van der Waals surface area contributed by atoms with Gasteiger partial charge in [-0.1, -0.05) is 13.3 Å². The summed E-state index contributed by atoms with van der Waals surface area (Å²) in [5.74, 6) is -0.123. The predicted octanol–water partition coefficient (Wildman–Crippen LogP) is 0.539. The van der Waals surface area contributed by atoms with E-state index in [4.69, 9.17) is 4.74 Å². The van der Waals surface area contributed by atoms with Crippen LogP contribution in [0.5, 0.6) is 0 Å². The van der Waals surface area contributed by atoms with Gasteiger partial charge in [0.25, 0.3) is 0 Å². The molecule has 1 aliphatic heterocycles. The van der Waals surface area contributed by atoms with E-state index in [1.165, 1.54) is 0 Å². The first-order valence-electron chi connectivity index (χ1n) is 6.26. The third kappa shape index (κ3) is 3.70. The topological polar surface area (TPSA) is 58.6 Å². The summed E-state index contributed by atoms with van der Waals surface area (Å²) < 4.78 is 5.42. The second-order valence-electron chi connectivity index (χ2n) is 4.40. The van der Waals surface area contributed by atoms with Crippen molar-refractivity contribution < 1.29 is 14.3 Å². The predicted molar refractivity (Wildman–Crippen MR) is 64.5 cm³/mol. The Labute approximate surface area is 102 Å².